The van der Waals surface area contributed by atoms with Crippen molar-refractivity contribution in [1.82, 2.24) is 0 Å². The first-order chi connectivity index (χ1) is 8.74. The van der Waals surface area contributed by atoms with Crippen molar-refractivity contribution in [1.29, 1.82) is 0 Å². The van der Waals surface area contributed by atoms with E-state index in [-0.39, 0.29) is 11.1 Å². The minimum Gasteiger partial charge on any atom is -0.414 e. The predicted octanol–water partition coefficient (Wildman–Crippen LogP) is 3.19. The molecule has 0 radical (unpaired) electrons. The third-order valence-corrected chi connectivity index (χ3v) is 9.35. The number of rotatable bonds is 3. The Balaban J connectivity index is 1.99. The first-order valence-electron chi connectivity index (χ1n) is 7.14. The normalized spacial score (nSPS) is 33.8. The molecule has 1 saturated carbocycles. The molecule has 19 heavy (non-hydrogen) atoms. The fourth-order valence-corrected chi connectivity index (χ4v) is 4.07. The van der Waals surface area contributed by atoms with Crippen LogP contribution in [0.1, 0.15) is 33.6 Å². The van der Waals surface area contributed by atoms with E-state index >= 15 is 0 Å². The molecule has 0 N–H and O–H groups in total. The Morgan fingerprint density at radius 2 is 1.95 bits per heavy atom. The number of hydrogen-bond donors (Lipinski definition) is 0. The Hall–Kier alpha value is -0.393. The zero-order valence-corrected chi connectivity index (χ0v) is 14.0. The molecule has 1 aliphatic heterocycles. The molecule has 1 saturated heterocycles. The average Bonchev–Trinajstić information content (AvgIpc) is 2.78. The summed E-state index contributed by atoms with van der Waals surface area (Å²) in [6, 6.07) is 0. The smallest absolute Gasteiger partial charge is 0.192 e. The van der Waals surface area contributed by atoms with Crippen LogP contribution in [-0.2, 0) is 14.0 Å². The van der Waals surface area contributed by atoms with Crippen molar-refractivity contribution in [2.75, 3.05) is 13.7 Å². The van der Waals surface area contributed by atoms with Gasteiger partial charge in [-0.3, -0.25) is 0 Å². The second-order valence-corrected chi connectivity index (χ2v) is 11.9. The molecular formula is C14H27NO3Si. The van der Waals surface area contributed by atoms with E-state index in [4.69, 9.17) is 14.0 Å². The third-order valence-electron chi connectivity index (χ3n) is 4.81. The van der Waals surface area contributed by atoms with Gasteiger partial charge in [0.1, 0.15) is 7.11 Å². The summed E-state index contributed by atoms with van der Waals surface area (Å²) < 4.78 is 12.3. The van der Waals surface area contributed by atoms with Gasteiger partial charge < -0.3 is 14.0 Å². The van der Waals surface area contributed by atoms with Crippen molar-refractivity contribution in [2.45, 2.75) is 64.0 Å². The highest BCUT2D eigenvalue weighted by Gasteiger charge is 2.47. The van der Waals surface area contributed by atoms with E-state index in [9.17, 15) is 0 Å². The quantitative estimate of drug-likeness (QED) is 0.590. The lowest BCUT2D eigenvalue weighted by molar-refractivity contribution is 0.0875. The monoisotopic (exact) mass is 285 g/mol. The molecule has 1 heterocycles. The Bertz CT molecular complexity index is 362. The molecule has 0 aromatic carbocycles. The summed E-state index contributed by atoms with van der Waals surface area (Å²) in [7, 11) is -0.0889. The number of nitrogens with zero attached hydrogens (tertiary/aromatic N) is 1. The maximum atomic E-state index is 6.49. The maximum Gasteiger partial charge on any atom is 0.192 e. The highest BCUT2D eigenvalue weighted by atomic mass is 28.4. The maximum absolute atomic E-state index is 6.49. The van der Waals surface area contributed by atoms with E-state index in [1.54, 1.807) is 7.11 Å². The van der Waals surface area contributed by atoms with Crippen LogP contribution in [0, 0.1) is 5.92 Å². The number of oxime groups is 1. The molecular weight excluding hydrogens is 258 g/mol. The van der Waals surface area contributed by atoms with Gasteiger partial charge in [-0.1, -0.05) is 25.9 Å². The number of fused-ring (bicyclic) bond motifs is 1. The first kappa shape index (κ1) is 15.0. The Kier molecular flexibility index (Phi) is 4.09. The van der Waals surface area contributed by atoms with E-state index in [1.165, 1.54) is 0 Å². The lowest BCUT2D eigenvalue weighted by atomic mass is 10.0. The van der Waals surface area contributed by atoms with Gasteiger partial charge >= 0.3 is 0 Å². The number of hydrogen-bond acceptors (Lipinski definition) is 4. The molecule has 2 aliphatic rings. The molecule has 0 aromatic heterocycles. The van der Waals surface area contributed by atoms with Gasteiger partial charge in [0.15, 0.2) is 8.32 Å². The van der Waals surface area contributed by atoms with Crippen LogP contribution < -0.4 is 0 Å². The standard InChI is InChI=1S/C14H27NO3Si/c1-14(2,3)19(5,6)18-10-7-11-12(15-16-4)9-17-13(11)8-10/h10-11,13H,7-9H2,1-6H3/t10-,11+,13-/m1/s1. The van der Waals surface area contributed by atoms with E-state index < -0.39 is 8.32 Å². The molecule has 2 rings (SSSR count). The fourth-order valence-electron chi connectivity index (χ4n) is 2.69. The van der Waals surface area contributed by atoms with Gasteiger partial charge in [-0.05, 0) is 31.0 Å². The van der Waals surface area contributed by atoms with Crippen molar-refractivity contribution in [3.63, 3.8) is 0 Å². The van der Waals surface area contributed by atoms with Crippen LogP contribution in [0.4, 0.5) is 0 Å². The average molecular weight is 285 g/mol. The van der Waals surface area contributed by atoms with E-state index in [2.05, 4.69) is 39.0 Å². The van der Waals surface area contributed by atoms with E-state index in [0.717, 1.165) is 18.6 Å². The topological polar surface area (TPSA) is 40.0 Å². The van der Waals surface area contributed by atoms with Crippen molar-refractivity contribution >= 4 is 14.0 Å². The van der Waals surface area contributed by atoms with Crippen LogP contribution in [-0.4, -0.2) is 40.0 Å². The van der Waals surface area contributed by atoms with Crippen LogP contribution in [0.2, 0.25) is 18.1 Å². The van der Waals surface area contributed by atoms with Crippen molar-refractivity contribution in [3.8, 4) is 0 Å². The van der Waals surface area contributed by atoms with Gasteiger partial charge in [-0.2, -0.15) is 0 Å². The molecule has 0 spiro atoms. The highest BCUT2D eigenvalue weighted by Crippen LogP contribution is 2.42. The lowest BCUT2D eigenvalue weighted by Gasteiger charge is -2.38. The summed E-state index contributed by atoms with van der Waals surface area (Å²) in [6.07, 6.45) is 2.63. The SMILES string of the molecule is CON=C1CO[C@@H]2C[C@H](O[Si](C)(C)C(C)(C)C)C[C@@H]12. The summed E-state index contributed by atoms with van der Waals surface area (Å²) in [5, 5.41) is 4.35. The molecule has 4 nitrogen and oxygen atoms in total. The van der Waals surface area contributed by atoms with Crippen LogP contribution in [0.3, 0.4) is 0 Å². The van der Waals surface area contributed by atoms with Gasteiger partial charge in [0, 0.05) is 12.0 Å². The van der Waals surface area contributed by atoms with Gasteiger partial charge in [-0.25, -0.2) is 0 Å². The molecule has 3 atom stereocenters. The summed E-state index contributed by atoms with van der Waals surface area (Å²) in [6.45, 7) is 12.1. The fraction of sp³-hybridized carbons (Fsp3) is 0.929. The summed E-state index contributed by atoms with van der Waals surface area (Å²) in [4.78, 5) is 4.90. The summed E-state index contributed by atoms with van der Waals surface area (Å²) in [5.41, 5.74) is 1.05. The predicted molar refractivity (Wildman–Crippen MR) is 79.0 cm³/mol. The summed E-state index contributed by atoms with van der Waals surface area (Å²) >= 11 is 0. The van der Waals surface area contributed by atoms with Crippen LogP contribution in [0.25, 0.3) is 0 Å². The zero-order chi connectivity index (χ0) is 14.3. The molecule has 5 heteroatoms. The van der Waals surface area contributed by atoms with Crippen LogP contribution in [0.15, 0.2) is 5.16 Å². The van der Waals surface area contributed by atoms with E-state index in [0.29, 0.717) is 18.6 Å². The Morgan fingerprint density at radius 3 is 2.53 bits per heavy atom. The molecule has 110 valence electrons. The largest absolute Gasteiger partial charge is 0.414 e. The van der Waals surface area contributed by atoms with Gasteiger partial charge in [0.25, 0.3) is 0 Å². The van der Waals surface area contributed by atoms with Crippen molar-refractivity contribution < 1.29 is 14.0 Å². The highest BCUT2D eigenvalue weighted by molar-refractivity contribution is 6.74. The molecule has 0 unspecified atom stereocenters. The molecule has 0 amide bonds. The van der Waals surface area contributed by atoms with Crippen LogP contribution >= 0.6 is 0 Å². The second-order valence-electron chi connectivity index (χ2n) is 7.19. The van der Waals surface area contributed by atoms with Crippen molar-refractivity contribution in [3.05, 3.63) is 0 Å². The molecule has 0 bridgehead atoms. The summed E-state index contributed by atoms with van der Waals surface area (Å²) in [5.74, 6) is 0.398. The van der Waals surface area contributed by atoms with Gasteiger partial charge in [0.05, 0.1) is 18.4 Å². The molecule has 2 fully saturated rings. The Labute approximate surface area is 117 Å². The molecule has 1 aliphatic carbocycles. The lowest BCUT2D eigenvalue weighted by Crippen LogP contribution is -2.43. The third kappa shape index (κ3) is 3.03. The second kappa shape index (κ2) is 5.18. The minimum atomic E-state index is -1.68. The molecule has 0 aromatic rings. The first-order valence-corrected chi connectivity index (χ1v) is 10.0. The van der Waals surface area contributed by atoms with E-state index in [1.807, 2.05) is 0 Å². The number of ether oxygens (including phenoxy) is 1. The van der Waals surface area contributed by atoms with Crippen LogP contribution in [0.5, 0.6) is 0 Å². The van der Waals surface area contributed by atoms with Gasteiger partial charge in [-0.15, -0.1) is 0 Å². The van der Waals surface area contributed by atoms with Gasteiger partial charge in [0.2, 0.25) is 0 Å². The minimum absolute atomic E-state index is 0.259. The Morgan fingerprint density at radius 1 is 1.26 bits per heavy atom. The van der Waals surface area contributed by atoms with Crippen molar-refractivity contribution in [2.24, 2.45) is 11.1 Å². The zero-order valence-electron chi connectivity index (χ0n) is 13.0.